The molecule has 0 saturated heterocycles. The summed E-state index contributed by atoms with van der Waals surface area (Å²) in [5, 5.41) is 19.4. The minimum atomic E-state index is -1.05. The molecule has 60 valence electrons. The van der Waals surface area contributed by atoms with Crippen LogP contribution in [0.3, 0.4) is 0 Å². The van der Waals surface area contributed by atoms with Crippen LogP contribution < -0.4 is 5.32 Å². The molecule has 10 heavy (non-hydrogen) atoms. The molecule has 0 aliphatic carbocycles. The predicted octanol–water partition coefficient (Wildman–Crippen LogP) is 0.415. The van der Waals surface area contributed by atoms with Crippen molar-refractivity contribution in [2.45, 2.75) is 25.9 Å². The maximum absolute atomic E-state index is 9.89. The number of amides is 1. The van der Waals surface area contributed by atoms with Crippen molar-refractivity contribution in [3.05, 3.63) is 0 Å². The van der Waals surface area contributed by atoms with Gasteiger partial charge in [-0.1, -0.05) is 0 Å². The molecule has 4 nitrogen and oxygen atoms in total. The lowest BCUT2D eigenvalue weighted by Crippen LogP contribution is -2.29. The first kappa shape index (κ1) is 9.23. The van der Waals surface area contributed by atoms with Crippen molar-refractivity contribution < 1.29 is 15.0 Å². The Kier molecular flexibility index (Phi) is 3.15. The Morgan fingerprint density at radius 1 is 1.60 bits per heavy atom. The Balaban J connectivity index is 3.29. The first-order valence-electron chi connectivity index (χ1n) is 3.11. The van der Waals surface area contributed by atoms with Gasteiger partial charge in [-0.05, 0) is 20.3 Å². The van der Waals surface area contributed by atoms with Gasteiger partial charge in [-0.3, -0.25) is 0 Å². The van der Waals surface area contributed by atoms with Crippen molar-refractivity contribution in [3.8, 4) is 0 Å². The topological polar surface area (TPSA) is 69.6 Å². The number of carboxylic acid groups (broad SMARTS) is 1. The number of nitrogens with one attached hydrogen (secondary N) is 1. The van der Waals surface area contributed by atoms with E-state index in [-0.39, 0.29) is 0 Å². The maximum atomic E-state index is 9.89. The van der Waals surface area contributed by atoms with Gasteiger partial charge in [0.2, 0.25) is 0 Å². The molecule has 0 aromatic rings. The average Bonchev–Trinajstić information content (AvgIpc) is 1.59. The van der Waals surface area contributed by atoms with Crippen molar-refractivity contribution in [1.29, 1.82) is 0 Å². The highest BCUT2D eigenvalue weighted by atomic mass is 16.4. The van der Waals surface area contributed by atoms with Gasteiger partial charge in [0.05, 0.1) is 5.60 Å². The second-order valence-corrected chi connectivity index (χ2v) is 2.79. The van der Waals surface area contributed by atoms with Gasteiger partial charge in [0.1, 0.15) is 0 Å². The van der Waals surface area contributed by atoms with Crippen LogP contribution in [0.4, 0.5) is 4.79 Å². The van der Waals surface area contributed by atoms with Crippen LogP contribution in [0.2, 0.25) is 0 Å². The van der Waals surface area contributed by atoms with E-state index >= 15 is 0 Å². The lowest BCUT2D eigenvalue weighted by atomic mass is 10.1. The van der Waals surface area contributed by atoms with Gasteiger partial charge >= 0.3 is 6.09 Å². The molecule has 0 radical (unpaired) electrons. The molecule has 0 saturated carbocycles. The van der Waals surface area contributed by atoms with Crippen LogP contribution in [0.5, 0.6) is 0 Å². The summed E-state index contributed by atoms with van der Waals surface area (Å²) in [7, 11) is 0. The molecule has 0 rings (SSSR count). The van der Waals surface area contributed by atoms with Gasteiger partial charge in [-0.2, -0.15) is 0 Å². The van der Waals surface area contributed by atoms with E-state index in [9.17, 15) is 4.79 Å². The highest BCUT2D eigenvalue weighted by Crippen LogP contribution is 2.04. The van der Waals surface area contributed by atoms with E-state index < -0.39 is 11.7 Å². The second kappa shape index (κ2) is 3.41. The Hall–Kier alpha value is -0.770. The van der Waals surface area contributed by atoms with Gasteiger partial charge in [-0.15, -0.1) is 0 Å². The van der Waals surface area contributed by atoms with E-state index in [1.54, 1.807) is 13.8 Å². The first-order valence-corrected chi connectivity index (χ1v) is 3.11. The summed E-state index contributed by atoms with van der Waals surface area (Å²) in [4.78, 5) is 9.89. The van der Waals surface area contributed by atoms with Crippen molar-refractivity contribution in [3.63, 3.8) is 0 Å². The molecule has 0 bridgehead atoms. The highest BCUT2D eigenvalue weighted by molar-refractivity contribution is 5.64. The molecule has 0 fully saturated rings. The van der Waals surface area contributed by atoms with E-state index in [4.69, 9.17) is 10.2 Å². The summed E-state index contributed by atoms with van der Waals surface area (Å²) in [6.07, 6.45) is -0.622. The fourth-order valence-corrected chi connectivity index (χ4v) is 0.475. The summed E-state index contributed by atoms with van der Waals surface area (Å²) >= 11 is 0. The number of hydrogen-bond donors (Lipinski definition) is 3. The molecule has 0 spiro atoms. The van der Waals surface area contributed by atoms with Crippen molar-refractivity contribution in [2.24, 2.45) is 0 Å². The van der Waals surface area contributed by atoms with Crippen molar-refractivity contribution in [1.82, 2.24) is 5.32 Å². The molecule has 0 unspecified atom stereocenters. The summed E-state index contributed by atoms with van der Waals surface area (Å²) in [5.41, 5.74) is -0.789. The van der Waals surface area contributed by atoms with Crippen LogP contribution in [0.25, 0.3) is 0 Å². The average molecular weight is 147 g/mol. The van der Waals surface area contributed by atoms with Gasteiger partial charge < -0.3 is 15.5 Å². The Morgan fingerprint density at radius 2 is 2.10 bits per heavy atom. The van der Waals surface area contributed by atoms with Crippen LogP contribution in [-0.4, -0.2) is 28.5 Å². The molecule has 1 amide bonds. The number of aliphatic hydroxyl groups is 1. The standard InChI is InChI=1S/C6H13NO3/c1-6(2,10)3-4-7-5(8)9/h7,10H,3-4H2,1-2H3,(H,8,9). The van der Waals surface area contributed by atoms with E-state index in [1.165, 1.54) is 0 Å². The van der Waals surface area contributed by atoms with E-state index in [0.29, 0.717) is 13.0 Å². The molecule has 0 aliphatic rings. The van der Waals surface area contributed by atoms with Gasteiger partial charge in [-0.25, -0.2) is 4.79 Å². The molecule has 0 aromatic carbocycles. The largest absolute Gasteiger partial charge is 0.465 e. The summed E-state index contributed by atoms with van der Waals surface area (Å²) < 4.78 is 0. The lowest BCUT2D eigenvalue weighted by Gasteiger charge is -2.15. The van der Waals surface area contributed by atoms with Gasteiger partial charge in [0.25, 0.3) is 0 Å². The summed E-state index contributed by atoms with van der Waals surface area (Å²) in [6.45, 7) is 3.56. The normalized spacial score (nSPS) is 11.1. The molecule has 0 aromatic heterocycles. The van der Waals surface area contributed by atoms with Crippen LogP contribution in [0.15, 0.2) is 0 Å². The minimum absolute atomic E-state index is 0.291. The SMILES string of the molecule is CC(C)(O)CCNC(=O)O. The third-order valence-corrected chi connectivity index (χ3v) is 1.01. The predicted molar refractivity (Wildman–Crippen MR) is 36.9 cm³/mol. The van der Waals surface area contributed by atoms with E-state index in [1.807, 2.05) is 0 Å². The highest BCUT2D eigenvalue weighted by Gasteiger charge is 2.11. The molecule has 0 aliphatic heterocycles. The van der Waals surface area contributed by atoms with Crippen molar-refractivity contribution in [2.75, 3.05) is 6.54 Å². The molecule has 0 heterocycles. The van der Waals surface area contributed by atoms with Gasteiger partial charge in [0, 0.05) is 6.54 Å². The Morgan fingerprint density at radius 3 is 2.40 bits per heavy atom. The smallest absolute Gasteiger partial charge is 0.404 e. The number of hydrogen-bond acceptors (Lipinski definition) is 2. The molecular formula is C6H13NO3. The molecular weight excluding hydrogens is 134 g/mol. The number of carbonyl (C=O) groups is 1. The quantitative estimate of drug-likeness (QED) is 0.541. The van der Waals surface area contributed by atoms with Crippen molar-refractivity contribution >= 4 is 6.09 Å². The zero-order valence-corrected chi connectivity index (χ0v) is 6.22. The zero-order chi connectivity index (χ0) is 8.20. The third-order valence-electron chi connectivity index (χ3n) is 1.01. The fourth-order valence-electron chi connectivity index (χ4n) is 0.475. The third kappa shape index (κ3) is 7.23. The maximum Gasteiger partial charge on any atom is 0.404 e. The lowest BCUT2D eigenvalue weighted by molar-refractivity contribution is 0.0713. The van der Waals surface area contributed by atoms with Crippen LogP contribution in [0.1, 0.15) is 20.3 Å². The number of rotatable bonds is 3. The fraction of sp³-hybridized carbons (Fsp3) is 0.833. The second-order valence-electron chi connectivity index (χ2n) is 2.79. The van der Waals surface area contributed by atoms with Crippen LogP contribution >= 0.6 is 0 Å². The molecule has 3 N–H and O–H groups in total. The van der Waals surface area contributed by atoms with E-state index in [0.717, 1.165) is 0 Å². The monoisotopic (exact) mass is 147 g/mol. The zero-order valence-electron chi connectivity index (χ0n) is 6.22. The summed E-state index contributed by atoms with van der Waals surface area (Å²) in [5.74, 6) is 0. The minimum Gasteiger partial charge on any atom is -0.465 e. The van der Waals surface area contributed by atoms with Gasteiger partial charge in [0.15, 0.2) is 0 Å². The first-order chi connectivity index (χ1) is 4.42. The Bertz CT molecular complexity index is 117. The Labute approximate surface area is 59.9 Å². The summed E-state index contributed by atoms with van der Waals surface area (Å²) in [6, 6.07) is 0. The van der Waals surface area contributed by atoms with E-state index in [2.05, 4.69) is 5.32 Å². The molecule has 0 atom stereocenters. The van der Waals surface area contributed by atoms with Crippen LogP contribution in [-0.2, 0) is 0 Å². The molecule has 4 heteroatoms. The van der Waals surface area contributed by atoms with Crippen LogP contribution in [0, 0.1) is 0 Å².